The lowest BCUT2D eigenvalue weighted by atomic mass is 9.79. The first kappa shape index (κ1) is 36.4. The third-order valence-corrected chi connectivity index (χ3v) is 13.9. The third kappa shape index (κ3) is 5.36. The van der Waals surface area contributed by atoms with Crippen molar-refractivity contribution in [2.45, 2.75) is 38.5 Å². The lowest BCUT2D eigenvalue weighted by molar-refractivity contribution is 0.660. The summed E-state index contributed by atoms with van der Waals surface area (Å²) in [4.78, 5) is 2.46. The molecule has 0 amide bonds. The van der Waals surface area contributed by atoms with Crippen LogP contribution in [-0.4, -0.2) is 0 Å². The van der Waals surface area contributed by atoms with Gasteiger partial charge in [0.1, 0.15) is 11.2 Å². The molecule has 10 aromatic rings. The van der Waals surface area contributed by atoms with Gasteiger partial charge < -0.3 is 9.32 Å². The molecule has 0 saturated carbocycles. The smallest absolute Gasteiger partial charge is 0.136 e. The van der Waals surface area contributed by atoms with Gasteiger partial charge in [0.2, 0.25) is 0 Å². The van der Waals surface area contributed by atoms with Gasteiger partial charge in [-0.2, -0.15) is 0 Å². The molecular weight excluding hydrogens is 751 g/mol. The van der Waals surface area contributed by atoms with Gasteiger partial charge in [0.25, 0.3) is 0 Å². The summed E-state index contributed by atoms with van der Waals surface area (Å²) in [7, 11) is 0. The summed E-state index contributed by atoms with van der Waals surface area (Å²) in [6, 6.07) is 73.6. The Balaban J connectivity index is 1.06. The van der Waals surface area contributed by atoms with Crippen LogP contribution in [0.25, 0.3) is 77.6 Å². The zero-order valence-electron chi connectivity index (χ0n) is 35.4. The zero-order valence-corrected chi connectivity index (χ0v) is 35.4. The Morgan fingerprint density at radius 1 is 0.355 bits per heavy atom. The SMILES string of the molecule is CC1(C)c2ccccc2-c2ccc(-c3ccccc3N(c3cccc(-c4cccc5c4C(C)(C)c4ccccc4-5)c3)c3cccc(-c4cccc5oc6ccccc6c45)c3)cc21. The van der Waals surface area contributed by atoms with Crippen LogP contribution in [0.15, 0.2) is 205 Å². The average molecular weight is 796 g/mol. The number of para-hydroxylation sites is 2. The minimum Gasteiger partial charge on any atom is -0.456 e. The molecule has 12 rings (SSSR count). The molecule has 0 N–H and O–H groups in total. The van der Waals surface area contributed by atoms with Gasteiger partial charge in [-0.3, -0.25) is 0 Å². The minimum atomic E-state index is -0.140. The monoisotopic (exact) mass is 795 g/mol. The van der Waals surface area contributed by atoms with Crippen LogP contribution in [0.5, 0.6) is 0 Å². The van der Waals surface area contributed by atoms with Crippen LogP contribution in [0, 0.1) is 0 Å². The van der Waals surface area contributed by atoms with E-state index in [-0.39, 0.29) is 10.8 Å². The second-order valence-electron chi connectivity index (χ2n) is 18.1. The Morgan fingerprint density at radius 3 is 1.65 bits per heavy atom. The Labute approximate surface area is 363 Å². The summed E-state index contributed by atoms with van der Waals surface area (Å²) in [5.41, 5.74) is 22.8. The lowest BCUT2D eigenvalue weighted by Gasteiger charge is -2.30. The number of hydrogen-bond acceptors (Lipinski definition) is 2. The van der Waals surface area contributed by atoms with Crippen LogP contribution >= 0.6 is 0 Å². The maximum atomic E-state index is 6.37. The Bertz CT molecular complexity index is 3430. The van der Waals surface area contributed by atoms with E-state index in [1.807, 2.05) is 6.07 Å². The first-order valence-electron chi connectivity index (χ1n) is 21.8. The van der Waals surface area contributed by atoms with Crippen LogP contribution in [0.2, 0.25) is 0 Å². The van der Waals surface area contributed by atoms with E-state index in [1.165, 1.54) is 66.8 Å². The molecule has 2 heteroatoms. The van der Waals surface area contributed by atoms with Gasteiger partial charge in [0.15, 0.2) is 0 Å². The second kappa shape index (κ2) is 13.5. The highest BCUT2D eigenvalue weighted by Crippen LogP contribution is 2.54. The molecule has 0 atom stereocenters. The first-order valence-corrected chi connectivity index (χ1v) is 21.8. The molecule has 9 aromatic carbocycles. The quantitative estimate of drug-likeness (QED) is 0.167. The van der Waals surface area contributed by atoms with E-state index in [0.717, 1.165) is 50.1 Å². The molecule has 62 heavy (non-hydrogen) atoms. The molecule has 0 saturated heterocycles. The predicted molar refractivity (Wildman–Crippen MR) is 260 cm³/mol. The molecule has 0 fully saturated rings. The van der Waals surface area contributed by atoms with Crippen molar-refractivity contribution in [1.29, 1.82) is 0 Å². The van der Waals surface area contributed by atoms with E-state index in [9.17, 15) is 0 Å². The fraction of sp³-hybridized carbons (Fsp3) is 0.100. The van der Waals surface area contributed by atoms with Crippen LogP contribution in [-0.2, 0) is 10.8 Å². The van der Waals surface area contributed by atoms with Crippen LogP contribution in [0.1, 0.15) is 49.9 Å². The number of benzene rings is 9. The van der Waals surface area contributed by atoms with E-state index < -0.39 is 0 Å². The maximum Gasteiger partial charge on any atom is 0.136 e. The molecule has 2 nitrogen and oxygen atoms in total. The van der Waals surface area contributed by atoms with E-state index in [4.69, 9.17) is 4.42 Å². The van der Waals surface area contributed by atoms with Crippen molar-refractivity contribution in [2.24, 2.45) is 0 Å². The second-order valence-corrected chi connectivity index (χ2v) is 18.1. The van der Waals surface area contributed by atoms with Crippen molar-refractivity contribution in [1.82, 2.24) is 0 Å². The molecule has 0 unspecified atom stereocenters. The number of fused-ring (bicyclic) bond motifs is 9. The third-order valence-electron chi connectivity index (χ3n) is 13.9. The number of furan rings is 1. The van der Waals surface area contributed by atoms with Crippen molar-refractivity contribution in [3.8, 4) is 55.6 Å². The molecular formula is C60H45NO. The zero-order chi connectivity index (χ0) is 41.7. The highest BCUT2D eigenvalue weighted by Gasteiger charge is 2.38. The van der Waals surface area contributed by atoms with Crippen molar-refractivity contribution in [2.75, 3.05) is 4.90 Å². The molecule has 0 radical (unpaired) electrons. The van der Waals surface area contributed by atoms with E-state index in [0.29, 0.717) is 0 Å². The summed E-state index contributed by atoms with van der Waals surface area (Å²) in [6.07, 6.45) is 0. The average Bonchev–Trinajstić information content (AvgIpc) is 3.89. The molecule has 296 valence electrons. The van der Waals surface area contributed by atoms with E-state index >= 15 is 0 Å². The molecule has 0 bridgehead atoms. The van der Waals surface area contributed by atoms with E-state index in [1.54, 1.807) is 0 Å². The highest BCUT2D eigenvalue weighted by molar-refractivity contribution is 6.12. The Hall–Kier alpha value is -7.42. The highest BCUT2D eigenvalue weighted by atomic mass is 16.3. The number of anilines is 3. The van der Waals surface area contributed by atoms with Gasteiger partial charge in [0.05, 0.1) is 5.69 Å². The maximum absolute atomic E-state index is 6.37. The largest absolute Gasteiger partial charge is 0.456 e. The van der Waals surface area contributed by atoms with Gasteiger partial charge in [0, 0.05) is 38.5 Å². The first-order chi connectivity index (χ1) is 30.3. The molecule has 2 aliphatic rings. The van der Waals surface area contributed by atoms with Gasteiger partial charge >= 0.3 is 0 Å². The summed E-state index contributed by atoms with van der Waals surface area (Å²) in [6.45, 7) is 9.47. The standard InChI is InChI=1S/C60H45NO/c1-59(2)51-28-9-5-22-46(51)48-34-33-40(37-53(48)59)43-21-7-11-30-54(43)61(41-19-13-17-38(35-41)44-25-16-32-56-57(44)50-24-8-12-31-55(50)62-56)42-20-14-18-39(36-42)45-26-15-27-49-47-23-6-10-29-52(47)60(3,4)58(45)49/h5-37H,1-4H3. The molecule has 0 aliphatic heterocycles. The predicted octanol–water partition coefficient (Wildman–Crippen LogP) is 16.7. The molecule has 1 aromatic heterocycles. The Kier molecular flexibility index (Phi) is 7.96. The normalized spacial score (nSPS) is 14.1. The van der Waals surface area contributed by atoms with Crippen molar-refractivity contribution in [3.05, 3.63) is 222 Å². The summed E-state index contributed by atoms with van der Waals surface area (Å²) in [5.74, 6) is 0. The number of nitrogens with zero attached hydrogens (tertiary/aromatic N) is 1. The fourth-order valence-corrected chi connectivity index (χ4v) is 10.9. The van der Waals surface area contributed by atoms with Crippen molar-refractivity contribution < 1.29 is 4.42 Å². The molecule has 1 heterocycles. The lowest BCUT2D eigenvalue weighted by Crippen LogP contribution is -2.16. The van der Waals surface area contributed by atoms with Gasteiger partial charge in [-0.25, -0.2) is 0 Å². The van der Waals surface area contributed by atoms with Crippen LogP contribution in [0.4, 0.5) is 17.1 Å². The fourth-order valence-electron chi connectivity index (χ4n) is 10.9. The van der Waals surface area contributed by atoms with Crippen LogP contribution < -0.4 is 4.90 Å². The van der Waals surface area contributed by atoms with Gasteiger partial charge in [-0.15, -0.1) is 0 Å². The minimum absolute atomic E-state index is 0.110. The summed E-state index contributed by atoms with van der Waals surface area (Å²) >= 11 is 0. The number of rotatable bonds is 6. The molecule has 0 spiro atoms. The van der Waals surface area contributed by atoms with Gasteiger partial charge in [-0.05, 0) is 121 Å². The molecule has 2 aliphatic carbocycles. The Morgan fingerprint density at radius 2 is 0.871 bits per heavy atom. The van der Waals surface area contributed by atoms with E-state index in [2.05, 4.69) is 227 Å². The topological polar surface area (TPSA) is 16.4 Å². The van der Waals surface area contributed by atoms with Crippen LogP contribution in [0.3, 0.4) is 0 Å². The summed E-state index contributed by atoms with van der Waals surface area (Å²) in [5, 5.41) is 2.26. The van der Waals surface area contributed by atoms with Crippen molar-refractivity contribution >= 4 is 39.0 Å². The van der Waals surface area contributed by atoms with Gasteiger partial charge in [-0.1, -0.05) is 179 Å². The number of hydrogen-bond donors (Lipinski definition) is 0. The summed E-state index contributed by atoms with van der Waals surface area (Å²) < 4.78 is 6.37. The van der Waals surface area contributed by atoms with Crippen molar-refractivity contribution in [3.63, 3.8) is 0 Å².